The first-order chi connectivity index (χ1) is 13.8. The summed E-state index contributed by atoms with van der Waals surface area (Å²) in [5, 5.41) is 1.22. The van der Waals surface area contributed by atoms with E-state index < -0.39 is 0 Å². The van der Waals surface area contributed by atoms with E-state index in [4.69, 9.17) is 0 Å². The van der Waals surface area contributed by atoms with Crippen LogP contribution in [-0.2, 0) is 0 Å². The Morgan fingerprint density at radius 2 is 1.39 bits per heavy atom. The van der Waals surface area contributed by atoms with Gasteiger partial charge in [0.15, 0.2) is 0 Å². The van der Waals surface area contributed by atoms with Crippen LogP contribution in [0.3, 0.4) is 0 Å². The van der Waals surface area contributed by atoms with Gasteiger partial charge < -0.3 is 4.57 Å². The van der Waals surface area contributed by atoms with Gasteiger partial charge in [0.25, 0.3) is 0 Å². The second kappa shape index (κ2) is 7.10. The molecule has 0 saturated heterocycles. The third-order valence-corrected chi connectivity index (χ3v) is 5.54. The topological polar surface area (TPSA) is 17.8 Å². The van der Waals surface area contributed by atoms with E-state index in [1.165, 1.54) is 27.6 Å². The fourth-order valence-corrected chi connectivity index (χ4v) is 3.80. The van der Waals surface area contributed by atoms with Crippen molar-refractivity contribution < 1.29 is 0 Å². The quantitative estimate of drug-likeness (QED) is 0.301. The molecule has 0 N–H and O–H groups in total. The molecule has 3 heteroatoms. The van der Waals surface area contributed by atoms with Crippen molar-refractivity contribution in [3.63, 3.8) is 0 Å². The molecule has 0 unspecified atom stereocenters. The lowest BCUT2D eigenvalue weighted by molar-refractivity contribution is 1.13. The van der Waals surface area contributed by atoms with Gasteiger partial charge in [-0.05, 0) is 65.2 Å². The summed E-state index contributed by atoms with van der Waals surface area (Å²) in [7, 11) is 0. The molecule has 2 heterocycles. The number of hydrogen-bond acceptors (Lipinski definition) is 1. The van der Waals surface area contributed by atoms with Crippen molar-refractivity contribution in [2.45, 2.75) is 0 Å². The van der Waals surface area contributed by atoms with Gasteiger partial charge in [0, 0.05) is 39.7 Å². The van der Waals surface area contributed by atoms with Crippen LogP contribution in [0.15, 0.2) is 108 Å². The third-order valence-electron chi connectivity index (χ3n) is 5.01. The predicted molar refractivity (Wildman–Crippen MR) is 120 cm³/mol. The Hall–Kier alpha value is -3.17. The van der Waals surface area contributed by atoms with E-state index in [9.17, 15) is 0 Å². The molecular formula is C25H17BrN2. The van der Waals surface area contributed by atoms with Gasteiger partial charge in [-0.1, -0.05) is 52.3 Å². The van der Waals surface area contributed by atoms with Crippen molar-refractivity contribution in [2.24, 2.45) is 0 Å². The molecule has 2 aromatic heterocycles. The number of halogens is 1. The molecule has 0 saturated carbocycles. The Bertz CT molecular complexity index is 1240. The molecular weight excluding hydrogens is 408 g/mol. The number of fused-ring (bicyclic) bond motifs is 1. The molecule has 5 aromatic rings. The van der Waals surface area contributed by atoms with Crippen LogP contribution in [0.1, 0.15) is 0 Å². The number of pyridine rings is 1. The lowest BCUT2D eigenvalue weighted by atomic mass is 10.1. The van der Waals surface area contributed by atoms with Crippen LogP contribution in [0.5, 0.6) is 0 Å². The first-order valence-electron chi connectivity index (χ1n) is 9.16. The Labute approximate surface area is 172 Å². The zero-order valence-corrected chi connectivity index (χ0v) is 16.7. The molecule has 28 heavy (non-hydrogen) atoms. The number of rotatable bonds is 3. The van der Waals surface area contributed by atoms with Gasteiger partial charge in [-0.25, -0.2) is 0 Å². The minimum atomic E-state index is 1.09. The summed E-state index contributed by atoms with van der Waals surface area (Å²) in [6.07, 6.45) is 5.84. The molecule has 134 valence electrons. The zero-order chi connectivity index (χ0) is 18.9. The smallest absolute Gasteiger partial charge is 0.0528 e. The standard InChI is InChI=1S/C25H17BrN2/c26-23-8-3-18(4-9-23)19-5-10-24(11-6-19)28-15-13-21-16-20(7-12-25(21)28)22-2-1-14-27-17-22/h1-17H. The van der Waals surface area contributed by atoms with Crippen LogP contribution in [0.4, 0.5) is 0 Å². The summed E-state index contributed by atoms with van der Waals surface area (Å²) in [5.74, 6) is 0. The molecule has 0 amide bonds. The number of benzene rings is 3. The Kier molecular flexibility index (Phi) is 4.30. The molecule has 0 fully saturated rings. The summed E-state index contributed by atoms with van der Waals surface area (Å²) in [5.41, 5.74) is 7.11. The maximum absolute atomic E-state index is 4.22. The molecule has 0 aliphatic rings. The first kappa shape index (κ1) is 17.0. The second-order valence-corrected chi connectivity index (χ2v) is 7.67. The van der Waals surface area contributed by atoms with Crippen molar-refractivity contribution >= 4 is 26.8 Å². The summed E-state index contributed by atoms with van der Waals surface area (Å²) < 4.78 is 3.32. The van der Waals surface area contributed by atoms with Gasteiger partial charge in [-0.2, -0.15) is 0 Å². The summed E-state index contributed by atoms with van der Waals surface area (Å²) in [6, 6.07) is 29.9. The Morgan fingerprint density at radius 3 is 2.11 bits per heavy atom. The number of aromatic nitrogens is 2. The van der Waals surface area contributed by atoms with E-state index in [0.717, 1.165) is 15.7 Å². The minimum absolute atomic E-state index is 1.09. The fourth-order valence-electron chi connectivity index (χ4n) is 3.54. The zero-order valence-electron chi connectivity index (χ0n) is 15.1. The molecule has 3 aromatic carbocycles. The van der Waals surface area contributed by atoms with Crippen molar-refractivity contribution in [3.05, 3.63) is 108 Å². The van der Waals surface area contributed by atoms with Gasteiger partial charge in [0.1, 0.15) is 0 Å². The molecule has 0 spiro atoms. The predicted octanol–water partition coefficient (Wildman–Crippen LogP) is 7.12. The summed E-state index contributed by atoms with van der Waals surface area (Å²) >= 11 is 3.49. The van der Waals surface area contributed by atoms with E-state index >= 15 is 0 Å². The molecule has 0 radical (unpaired) electrons. The lowest BCUT2D eigenvalue weighted by Crippen LogP contribution is -1.91. The average Bonchev–Trinajstić information content (AvgIpc) is 3.18. The molecule has 0 aliphatic heterocycles. The maximum atomic E-state index is 4.22. The van der Waals surface area contributed by atoms with Gasteiger partial charge in [-0.15, -0.1) is 0 Å². The highest BCUT2D eigenvalue weighted by molar-refractivity contribution is 9.10. The SMILES string of the molecule is Brc1ccc(-c2ccc(-n3ccc4cc(-c5cccnc5)ccc43)cc2)cc1. The van der Waals surface area contributed by atoms with Gasteiger partial charge in [0.2, 0.25) is 0 Å². The number of hydrogen-bond donors (Lipinski definition) is 0. The third kappa shape index (κ3) is 3.14. The van der Waals surface area contributed by atoms with Crippen LogP contribution in [-0.4, -0.2) is 9.55 Å². The second-order valence-electron chi connectivity index (χ2n) is 6.75. The maximum Gasteiger partial charge on any atom is 0.0528 e. The molecule has 5 rings (SSSR count). The van der Waals surface area contributed by atoms with E-state index in [1.807, 2.05) is 12.3 Å². The van der Waals surface area contributed by atoms with Crippen molar-refractivity contribution in [2.75, 3.05) is 0 Å². The highest BCUT2D eigenvalue weighted by Gasteiger charge is 2.06. The van der Waals surface area contributed by atoms with E-state index in [2.05, 4.69) is 111 Å². The number of nitrogens with zero attached hydrogens (tertiary/aromatic N) is 2. The molecule has 0 bridgehead atoms. The molecule has 0 atom stereocenters. The van der Waals surface area contributed by atoms with E-state index in [1.54, 1.807) is 6.20 Å². The van der Waals surface area contributed by atoms with Crippen LogP contribution < -0.4 is 0 Å². The van der Waals surface area contributed by atoms with Gasteiger partial charge in [0.05, 0.1) is 5.52 Å². The minimum Gasteiger partial charge on any atom is -0.317 e. The highest BCUT2D eigenvalue weighted by atomic mass is 79.9. The van der Waals surface area contributed by atoms with Crippen LogP contribution in [0.2, 0.25) is 0 Å². The largest absolute Gasteiger partial charge is 0.317 e. The van der Waals surface area contributed by atoms with Crippen LogP contribution in [0, 0.1) is 0 Å². The molecule has 0 aliphatic carbocycles. The normalized spacial score (nSPS) is 11.0. The van der Waals surface area contributed by atoms with Crippen molar-refractivity contribution in [1.29, 1.82) is 0 Å². The molecule has 2 nitrogen and oxygen atoms in total. The lowest BCUT2D eigenvalue weighted by Gasteiger charge is -2.08. The Morgan fingerprint density at radius 1 is 0.679 bits per heavy atom. The van der Waals surface area contributed by atoms with Gasteiger partial charge in [-0.3, -0.25) is 4.98 Å². The highest BCUT2D eigenvalue weighted by Crippen LogP contribution is 2.28. The Balaban J connectivity index is 1.50. The van der Waals surface area contributed by atoms with Crippen LogP contribution in [0.25, 0.3) is 38.8 Å². The monoisotopic (exact) mass is 424 g/mol. The summed E-state index contributed by atoms with van der Waals surface area (Å²) in [6.45, 7) is 0. The van der Waals surface area contributed by atoms with E-state index in [0.29, 0.717) is 0 Å². The average molecular weight is 425 g/mol. The fraction of sp³-hybridized carbons (Fsp3) is 0. The van der Waals surface area contributed by atoms with Gasteiger partial charge >= 0.3 is 0 Å². The van der Waals surface area contributed by atoms with Crippen molar-refractivity contribution in [1.82, 2.24) is 9.55 Å². The van der Waals surface area contributed by atoms with E-state index in [-0.39, 0.29) is 0 Å². The summed E-state index contributed by atoms with van der Waals surface area (Å²) in [4.78, 5) is 4.22. The van der Waals surface area contributed by atoms with Crippen LogP contribution >= 0.6 is 15.9 Å². The van der Waals surface area contributed by atoms with Crippen molar-refractivity contribution in [3.8, 4) is 27.9 Å². The first-order valence-corrected chi connectivity index (χ1v) is 9.95.